The molecule has 5 nitrogen and oxygen atoms in total. The number of hydrogen-bond acceptors (Lipinski definition) is 4. The second-order valence-corrected chi connectivity index (χ2v) is 6.90. The quantitative estimate of drug-likeness (QED) is 0.742. The van der Waals surface area contributed by atoms with Crippen molar-refractivity contribution in [2.45, 2.75) is 11.8 Å². The fourth-order valence-electron chi connectivity index (χ4n) is 2.14. The molecule has 114 valence electrons. The lowest BCUT2D eigenvalue weighted by Gasteiger charge is -2.04. The van der Waals surface area contributed by atoms with Gasteiger partial charge in [0.15, 0.2) is 0 Å². The van der Waals surface area contributed by atoms with Gasteiger partial charge < -0.3 is 0 Å². The zero-order chi connectivity index (χ0) is 16.4. The highest BCUT2D eigenvalue weighted by molar-refractivity contribution is 7.89. The second kappa shape index (κ2) is 5.71. The summed E-state index contributed by atoms with van der Waals surface area (Å²) in [4.78, 5) is 0.192. The summed E-state index contributed by atoms with van der Waals surface area (Å²) < 4.78 is 26.1. The summed E-state index contributed by atoms with van der Waals surface area (Å²) in [6, 6.07) is 15.6. The van der Waals surface area contributed by atoms with Crippen molar-refractivity contribution in [1.29, 1.82) is 5.26 Å². The molecular formula is C17H13N3O2S. The summed E-state index contributed by atoms with van der Waals surface area (Å²) in [6.45, 7) is 1.90. The SMILES string of the molecule is Cc1ccc(S(=O)(=O)n2cc(-c3ccc(C#N)cc3)cn2)cc1. The van der Waals surface area contributed by atoms with Gasteiger partial charge in [-0.15, -0.1) is 0 Å². The van der Waals surface area contributed by atoms with Crippen LogP contribution in [-0.2, 0) is 10.0 Å². The number of aryl methyl sites for hydroxylation is 1. The van der Waals surface area contributed by atoms with Gasteiger partial charge in [0, 0.05) is 5.56 Å². The van der Waals surface area contributed by atoms with Crippen LogP contribution in [0.25, 0.3) is 11.1 Å². The smallest absolute Gasteiger partial charge is 0.199 e. The van der Waals surface area contributed by atoms with Gasteiger partial charge in [0.2, 0.25) is 0 Å². The molecule has 0 unspecified atom stereocenters. The molecule has 1 aromatic heterocycles. The van der Waals surface area contributed by atoms with Gasteiger partial charge in [-0.25, -0.2) is 0 Å². The molecule has 0 bridgehead atoms. The summed E-state index contributed by atoms with van der Waals surface area (Å²) in [6.07, 6.45) is 2.96. The third kappa shape index (κ3) is 2.87. The molecule has 0 aliphatic carbocycles. The Labute approximate surface area is 134 Å². The van der Waals surface area contributed by atoms with Gasteiger partial charge in [-0.1, -0.05) is 29.8 Å². The van der Waals surface area contributed by atoms with Crippen LogP contribution in [0.3, 0.4) is 0 Å². The lowest BCUT2D eigenvalue weighted by Crippen LogP contribution is -2.13. The molecule has 2 aromatic carbocycles. The maximum Gasteiger partial charge on any atom is 0.282 e. The zero-order valence-electron chi connectivity index (χ0n) is 12.3. The lowest BCUT2D eigenvalue weighted by molar-refractivity contribution is 0.580. The van der Waals surface area contributed by atoms with E-state index in [1.165, 1.54) is 12.4 Å². The van der Waals surface area contributed by atoms with E-state index in [9.17, 15) is 8.42 Å². The first-order chi connectivity index (χ1) is 11.0. The van der Waals surface area contributed by atoms with E-state index in [0.717, 1.165) is 15.2 Å². The molecule has 0 atom stereocenters. The van der Waals surface area contributed by atoms with Crippen LogP contribution in [0.5, 0.6) is 0 Å². The Balaban J connectivity index is 1.97. The van der Waals surface area contributed by atoms with E-state index in [4.69, 9.17) is 5.26 Å². The van der Waals surface area contributed by atoms with Gasteiger partial charge in [-0.2, -0.15) is 22.9 Å². The highest BCUT2D eigenvalue weighted by Crippen LogP contribution is 2.21. The van der Waals surface area contributed by atoms with Crippen LogP contribution < -0.4 is 0 Å². The summed E-state index contributed by atoms with van der Waals surface area (Å²) in [5.74, 6) is 0. The van der Waals surface area contributed by atoms with E-state index in [-0.39, 0.29) is 4.90 Å². The number of hydrogen-bond donors (Lipinski definition) is 0. The van der Waals surface area contributed by atoms with E-state index in [0.29, 0.717) is 11.1 Å². The average molecular weight is 323 g/mol. The van der Waals surface area contributed by atoms with Crippen molar-refractivity contribution in [2.24, 2.45) is 0 Å². The van der Waals surface area contributed by atoms with Gasteiger partial charge in [-0.05, 0) is 36.8 Å². The normalized spacial score (nSPS) is 11.1. The summed E-state index contributed by atoms with van der Waals surface area (Å²) in [5, 5.41) is 12.8. The fourth-order valence-corrected chi connectivity index (χ4v) is 3.26. The number of nitriles is 1. The largest absolute Gasteiger partial charge is 0.282 e. The molecule has 0 aliphatic heterocycles. The first kappa shape index (κ1) is 15.0. The van der Waals surface area contributed by atoms with Crippen LogP contribution >= 0.6 is 0 Å². The van der Waals surface area contributed by atoms with Crippen molar-refractivity contribution >= 4 is 10.0 Å². The minimum atomic E-state index is -3.70. The van der Waals surface area contributed by atoms with E-state index in [1.54, 1.807) is 48.5 Å². The predicted octanol–water partition coefficient (Wildman–Crippen LogP) is 2.97. The molecule has 0 fully saturated rings. The molecule has 3 aromatic rings. The van der Waals surface area contributed by atoms with Crippen molar-refractivity contribution in [1.82, 2.24) is 9.19 Å². The van der Waals surface area contributed by atoms with Gasteiger partial charge >= 0.3 is 0 Å². The second-order valence-electron chi connectivity index (χ2n) is 5.11. The molecular weight excluding hydrogens is 310 g/mol. The molecule has 23 heavy (non-hydrogen) atoms. The van der Waals surface area contributed by atoms with Gasteiger partial charge in [-0.3, -0.25) is 0 Å². The standard InChI is InChI=1S/C17H13N3O2S/c1-13-2-8-17(9-3-13)23(21,22)20-12-16(11-19-20)15-6-4-14(10-18)5-7-15/h2-9,11-12H,1H3. The van der Waals surface area contributed by atoms with Gasteiger partial charge in [0.25, 0.3) is 10.0 Å². The highest BCUT2D eigenvalue weighted by Gasteiger charge is 2.18. The average Bonchev–Trinajstić information content (AvgIpc) is 3.06. The summed E-state index contributed by atoms with van der Waals surface area (Å²) in [5.41, 5.74) is 3.01. The third-order valence-electron chi connectivity index (χ3n) is 3.47. The third-order valence-corrected chi connectivity index (χ3v) is 5.03. The predicted molar refractivity (Wildman–Crippen MR) is 86.1 cm³/mol. The maximum absolute atomic E-state index is 12.5. The Morgan fingerprint density at radius 2 is 1.65 bits per heavy atom. The van der Waals surface area contributed by atoms with Crippen LogP contribution in [0, 0.1) is 18.3 Å². The molecule has 0 aliphatic rings. The Bertz CT molecular complexity index is 980. The van der Waals surface area contributed by atoms with Crippen molar-refractivity contribution in [2.75, 3.05) is 0 Å². The molecule has 0 N–H and O–H groups in total. The highest BCUT2D eigenvalue weighted by atomic mass is 32.2. The minimum absolute atomic E-state index is 0.192. The Morgan fingerprint density at radius 1 is 1.00 bits per heavy atom. The molecule has 0 saturated carbocycles. The first-order valence-corrected chi connectivity index (χ1v) is 8.32. The summed E-state index contributed by atoms with van der Waals surface area (Å²) >= 11 is 0. The maximum atomic E-state index is 12.5. The number of rotatable bonds is 3. The Kier molecular flexibility index (Phi) is 3.72. The summed E-state index contributed by atoms with van der Waals surface area (Å²) in [7, 11) is -3.70. The molecule has 0 spiro atoms. The van der Waals surface area contributed by atoms with Crippen molar-refractivity contribution in [3.8, 4) is 17.2 Å². The van der Waals surface area contributed by atoms with Crippen LogP contribution in [0.4, 0.5) is 0 Å². The Morgan fingerprint density at radius 3 is 2.26 bits per heavy atom. The molecule has 0 saturated heterocycles. The van der Waals surface area contributed by atoms with E-state index < -0.39 is 10.0 Å². The number of aromatic nitrogens is 2. The topological polar surface area (TPSA) is 75.8 Å². The molecule has 0 radical (unpaired) electrons. The monoisotopic (exact) mass is 323 g/mol. The fraction of sp³-hybridized carbons (Fsp3) is 0.0588. The number of nitrogens with zero attached hydrogens (tertiary/aromatic N) is 3. The molecule has 0 amide bonds. The van der Waals surface area contributed by atoms with Gasteiger partial charge in [0.1, 0.15) is 0 Å². The van der Waals surface area contributed by atoms with Crippen molar-refractivity contribution in [3.05, 3.63) is 72.1 Å². The molecule has 6 heteroatoms. The zero-order valence-corrected chi connectivity index (χ0v) is 13.2. The molecule has 3 rings (SSSR count). The van der Waals surface area contributed by atoms with E-state index in [2.05, 4.69) is 5.10 Å². The minimum Gasteiger partial charge on any atom is -0.199 e. The van der Waals surface area contributed by atoms with Crippen LogP contribution in [-0.4, -0.2) is 17.6 Å². The van der Waals surface area contributed by atoms with Crippen LogP contribution in [0.2, 0.25) is 0 Å². The molecule has 1 heterocycles. The van der Waals surface area contributed by atoms with Gasteiger partial charge in [0.05, 0.1) is 28.9 Å². The Hall–Kier alpha value is -2.91. The lowest BCUT2D eigenvalue weighted by atomic mass is 10.1. The first-order valence-electron chi connectivity index (χ1n) is 6.88. The number of benzene rings is 2. The van der Waals surface area contributed by atoms with Crippen molar-refractivity contribution in [3.63, 3.8) is 0 Å². The van der Waals surface area contributed by atoms with E-state index >= 15 is 0 Å². The van der Waals surface area contributed by atoms with Crippen molar-refractivity contribution < 1.29 is 8.42 Å². The van der Waals surface area contributed by atoms with E-state index in [1.807, 2.05) is 13.0 Å². The van der Waals surface area contributed by atoms with Crippen LogP contribution in [0.15, 0.2) is 65.8 Å². The van der Waals surface area contributed by atoms with Crippen LogP contribution in [0.1, 0.15) is 11.1 Å².